The molecule has 0 radical (unpaired) electrons. The molecule has 2 aliphatic carbocycles. The molecule has 7 rings (SSSR count). The van der Waals surface area contributed by atoms with Crippen molar-refractivity contribution in [3.63, 3.8) is 0 Å². The van der Waals surface area contributed by atoms with Gasteiger partial charge in [-0.05, 0) is 74.8 Å². The molecule has 8 nitrogen and oxygen atoms in total. The van der Waals surface area contributed by atoms with Crippen LogP contribution in [0.2, 0.25) is 0 Å². The van der Waals surface area contributed by atoms with Crippen LogP contribution in [0.5, 0.6) is 0 Å². The van der Waals surface area contributed by atoms with Crippen LogP contribution in [-0.4, -0.2) is 62.3 Å². The van der Waals surface area contributed by atoms with E-state index in [0.29, 0.717) is 30.6 Å². The van der Waals surface area contributed by atoms with E-state index in [1.54, 1.807) is 4.90 Å². The second-order valence-corrected chi connectivity index (χ2v) is 13.1. The number of hydrogen-bond acceptors (Lipinski definition) is 6. The molecule has 3 saturated heterocycles. The average Bonchev–Trinajstić information content (AvgIpc) is 2.88. The Hall–Kier alpha value is -2.45. The van der Waals surface area contributed by atoms with Gasteiger partial charge in [0.05, 0.1) is 17.1 Å². The zero-order valence-electron chi connectivity index (χ0n) is 22.4. The van der Waals surface area contributed by atoms with Crippen LogP contribution in [-0.2, 0) is 4.79 Å². The third kappa shape index (κ3) is 3.89. The lowest BCUT2D eigenvalue weighted by Crippen LogP contribution is -2.69. The summed E-state index contributed by atoms with van der Waals surface area (Å²) in [5.41, 5.74) is 7.46. The van der Waals surface area contributed by atoms with Crippen molar-refractivity contribution < 1.29 is 9.90 Å². The van der Waals surface area contributed by atoms with Crippen LogP contribution in [0, 0.1) is 17.8 Å². The number of anilines is 1. The Labute approximate surface area is 224 Å². The predicted molar refractivity (Wildman–Crippen MR) is 147 cm³/mol. The van der Waals surface area contributed by atoms with E-state index in [4.69, 9.17) is 10.7 Å². The Morgan fingerprint density at radius 1 is 0.974 bits per heavy atom. The Morgan fingerprint density at radius 2 is 1.74 bits per heavy atom. The molecule has 5 fully saturated rings. The number of fused-ring (bicyclic) bond motifs is 5. The van der Waals surface area contributed by atoms with E-state index in [-0.39, 0.29) is 17.4 Å². The molecule has 2 saturated carbocycles. The van der Waals surface area contributed by atoms with E-state index in [0.717, 1.165) is 35.7 Å². The number of nitrogens with two attached hydrogens (primary N) is 1. The highest BCUT2D eigenvalue weighted by Crippen LogP contribution is 2.48. The van der Waals surface area contributed by atoms with Gasteiger partial charge in [-0.15, -0.1) is 0 Å². The molecule has 0 amide bonds. The first-order valence-electron chi connectivity index (χ1n) is 14.9. The first kappa shape index (κ1) is 24.6. The highest BCUT2D eigenvalue weighted by molar-refractivity contribution is 5.83. The first-order valence-corrected chi connectivity index (χ1v) is 14.9. The minimum absolute atomic E-state index is 0.0875. The summed E-state index contributed by atoms with van der Waals surface area (Å²) >= 11 is 0. The van der Waals surface area contributed by atoms with Crippen LogP contribution >= 0.6 is 0 Å². The monoisotopic (exact) mass is 519 g/mol. The number of rotatable bonds is 4. The Kier molecular flexibility index (Phi) is 6.04. The fourth-order valence-electron chi connectivity index (χ4n) is 9.12. The lowest BCUT2D eigenvalue weighted by molar-refractivity contribution is -0.140. The van der Waals surface area contributed by atoms with E-state index in [2.05, 4.69) is 11.8 Å². The zero-order chi connectivity index (χ0) is 26.1. The van der Waals surface area contributed by atoms with Gasteiger partial charge in [0.25, 0.3) is 5.56 Å². The summed E-state index contributed by atoms with van der Waals surface area (Å²) < 4.78 is 1.98. The van der Waals surface area contributed by atoms with E-state index < -0.39 is 18.1 Å². The summed E-state index contributed by atoms with van der Waals surface area (Å²) in [5.74, 6) is 1.65. The molecule has 2 aromatic rings. The maximum Gasteiger partial charge on any atom is 0.328 e. The number of carboxylic acid groups (broad SMARTS) is 1. The van der Waals surface area contributed by atoms with E-state index in [1.165, 1.54) is 51.4 Å². The normalized spacial score (nSPS) is 39.1. The van der Waals surface area contributed by atoms with Crippen LogP contribution in [0.1, 0.15) is 77.2 Å². The van der Waals surface area contributed by atoms with Crippen molar-refractivity contribution in [3.05, 3.63) is 34.6 Å². The third-order valence-electron chi connectivity index (χ3n) is 10.8. The first-order chi connectivity index (χ1) is 18.4. The number of benzene rings is 1. The fraction of sp³-hybridized carbons (Fsp3) is 0.700. The number of aromatic nitrogens is 2. The minimum Gasteiger partial charge on any atom is -0.480 e. The summed E-state index contributed by atoms with van der Waals surface area (Å²) in [7, 11) is 0. The van der Waals surface area contributed by atoms with Gasteiger partial charge < -0.3 is 20.3 Å². The summed E-state index contributed by atoms with van der Waals surface area (Å²) in [6.07, 6.45) is 12.8. The number of para-hydroxylation sites is 2. The zero-order valence-corrected chi connectivity index (χ0v) is 22.4. The number of carboxylic acids is 1. The van der Waals surface area contributed by atoms with Crippen molar-refractivity contribution in [3.8, 4) is 0 Å². The van der Waals surface area contributed by atoms with Crippen LogP contribution in [0.25, 0.3) is 11.0 Å². The van der Waals surface area contributed by atoms with Crippen molar-refractivity contribution >= 4 is 22.8 Å². The topological polar surface area (TPSA) is 105 Å². The van der Waals surface area contributed by atoms with Gasteiger partial charge in [-0.2, -0.15) is 0 Å². The maximum atomic E-state index is 14.1. The smallest absolute Gasteiger partial charge is 0.328 e. The number of aliphatic carboxylic acids is 1. The maximum absolute atomic E-state index is 14.1. The molecular weight excluding hydrogens is 478 g/mol. The van der Waals surface area contributed by atoms with Gasteiger partial charge in [0.2, 0.25) is 0 Å². The van der Waals surface area contributed by atoms with E-state index in [1.807, 2.05) is 28.8 Å². The lowest BCUT2D eigenvalue weighted by Gasteiger charge is -2.57. The molecule has 4 bridgehead atoms. The molecule has 1 aromatic carbocycles. The van der Waals surface area contributed by atoms with Crippen molar-refractivity contribution in [1.29, 1.82) is 0 Å². The SMILES string of the molecule is CC1CCC2CC(n3c(=O)c(N4CC(N)C4C(=O)O)nc4ccccc43)CC1N2C1CC2CCCC(C2)C1. The van der Waals surface area contributed by atoms with Crippen molar-refractivity contribution in [2.45, 2.75) is 107 Å². The van der Waals surface area contributed by atoms with Crippen LogP contribution < -0.4 is 16.2 Å². The largest absolute Gasteiger partial charge is 0.480 e. The molecule has 3 N–H and O–H groups in total. The Balaban J connectivity index is 1.25. The minimum atomic E-state index is -1.00. The molecule has 4 heterocycles. The summed E-state index contributed by atoms with van der Waals surface area (Å²) in [6.45, 7) is 2.75. The van der Waals surface area contributed by atoms with Gasteiger partial charge in [-0.25, -0.2) is 9.78 Å². The molecule has 204 valence electrons. The van der Waals surface area contributed by atoms with Gasteiger partial charge in [0.15, 0.2) is 5.82 Å². The molecule has 8 unspecified atom stereocenters. The molecule has 5 aliphatic rings. The number of hydrogen-bond donors (Lipinski definition) is 2. The predicted octanol–water partition coefficient (Wildman–Crippen LogP) is 3.77. The van der Waals surface area contributed by atoms with Crippen LogP contribution in [0.3, 0.4) is 0 Å². The van der Waals surface area contributed by atoms with Gasteiger partial charge >= 0.3 is 5.97 Å². The van der Waals surface area contributed by atoms with Crippen molar-refractivity contribution in [1.82, 2.24) is 14.5 Å². The third-order valence-corrected chi connectivity index (χ3v) is 10.8. The standard InChI is InChI=1S/C30H41N5O3/c1-17-9-10-20-14-22(15-26(17)34(20)21-12-18-5-4-6-19(11-18)13-21)35-25-8-3-2-7-24(25)32-28(29(35)36)33-16-23(31)27(33)30(37)38/h2-3,7-8,17-23,26-27H,4-6,9-16,31H2,1H3,(H,37,38). The van der Waals surface area contributed by atoms with Crippen LogP contribution in [0.4, 0.5) is 5.82 Å². The van der Waals surface area contributed by atoms with Crippen LogP contribution in [0.15, 0.2) is 29.1 Å². The summed E-state index contributed by atoms with van der Waals surface area (Å²) in [5, 5.41) is 9.74. The molecule has 1 aromatic heterocycles. The number of carbonyl (C=O) groups is 1. The number of nitrogens with zero attached hydrogens (tertiary/aromatic N) is 4. The molecule has 3 aliphatic heterocycles. The van der Waals surface area contributed by atoms with Gasteiger partial charge in [-0.1, -0.05) is 38.3 Å². The second kappa shape index (κ2) is 9.33. The Morgan fingerprint density at radius 3 is 2.47 bits per heavy atom. The molecular formula is C30H41N5O3. The fourth-order valence-corrected chi connectivity index (χ4v) is 9.12. The molecule has 38 heavy (non-hydrogen) atoms. The van der Waals surface area contributed by atoms with Gasteiger partial charge in [-0.3, -0.25) is 9.69 Å². The molecule has 0 spiro atoms. The van der Waals surface area contributed by atoms with E-state index in [9.17, 15) is 14.7 Å². The Bertz CT molecular complexity index is 1280. The van der Waals surface area contributed by atoms with Gasteiger partial charge in [0.1, 0.15) is 6.04 Å². The summed E-state index contributed by atoms with van der Waals surface area (Å²) in [6, 6.07) is 8.21. The highest BCUT2D eigenvalue weighted by Gasteiger charge is 2.48. The van der Waals surface area contributed by atoms with E-state index >= 15 is 0 Å². The number of piperidine rings is 2. The summed E-state index contributed by atoms with van der Waals surface area (Å²) in [4.78, 5) is 35.2. The average molecular weight is 520 g/mol. The highest BCUT2D eigenvalue weighted by atomic mass is 16.4. The molecule has 8 atom stereocenters. The van der Waals surface area contributed by atoms with Gasteiger partial charge in [0, 0.05) is 30.7 Å². The van der Waals surface area contributed by atoms with Crippen molar-refractivity contribution in [2.24, 2.45) is 23.5 Å². The quantitative estimate of drug-likeness (QED) is 0.634. The lowest BCUT2D eigenvalue weighted by atomic mass is 9.67. The van der Waals surface area contributed by atoms with Crippen molar-refractivity contribution in [2.75, 3.05) is 11.4 Å². The second-order valence-electron chi connectivity index (χ2n) is 13.1. The molecule has 8 heteroatoms.